The fourth-order valence-electron chi connectivity index (χ4n) is 2.71. The third-order valence-corrected chi connectivity index (χ3v) is 4.33. The van der Waals surface area contributed by atoms with Gasteiger partial charge in [-0.3, -0.25) is 0 Å². The number of unbranched alkanes of at least 4 members (excludes halogenated alkanes) is 13. The molecule has 0 heterocycles. The van der Waals surface area contributed by atoms with E-state index in [1.54, 1.807) is 13.1 Å². The Morgan fingerprint density at radius 2 is 1.17 bits per heavy atom. The van der Waals surface area contributed by atoms with Crippen LogP contribution in [0.2, 0.25) is 0 Å². The molecule has 0 radical (unpaired) electrons. The van der Waals surface area contributed by atoms with E-state index in [9.17, 15) is 4.79 Å². The van der Waals surface area contributed by atoms with E-state index in [-0.39, 0.29) is 0 Å². The van der Waals surface area contributed by atoms with Gasteiger partial charge in [-0.05, 0) is 13.3 Å². The van der Waals surface area contributed by atoms with Crippen molar-refractivity contribution in [2.75, 3.05) is 6.54 Å². The van der Waals surface area contributed by atoms with Crippen molar-refractivity contribution in [2.24, 2.45) is 0 Å². The average Bonchev–Trinajstić information content (AvgIpc) is 2.54. The normalized spacial score (nSPS) is 11.7. The zero-order valence-electron chi connectivity index (χ0n) is 15.5. The molecule has 0 spiro atoms. The second-order valence-electron chi connectivity index (χ2n) is 6.68. The van der Waals surface area contributed by atoms with Gasteiger partial charge in [-0.2, -0.15) is 0 Å². The SMILES string of the molecule is CCCCCCCCCCCCCCCCNC=C(C)C(=O)O. The molecule has 3 heteroatoms. The van der Waals surface area contributed by atoms with Crippen LogP contribution < -0.4 is 5.32 Å². The second-order valence-corrected chi connectivity index (χ2v) is 6.68. The van der Waals surface area contributed by atoms with E-state index in [0.29, 0.717) is 5.57 Å². The van der Waals surface area contributed by atoms with E-state index in [1.807, 2.05) is 0 Å². The Kier molecular flexibility index (Phi) is 16.6. The third-order valence-electron chi connectivity index (χ3n) is 4.33. The maximum atomic E-state index is 10.6. The Balaban J connectivity index is 3.11. The standard InChI is InChI=1S/C20H39NO2/c1-3-4-5-6-7-8-9-10-11-12-13-14-15-16-17-21-18-19(2)20(22)23/h18,21H,3-17H2,1-2H3,(H,22,23). The number of carboxylic acids is 1. The lowest BCUT2D eigenvalue weighted by Crippen LogP contribution is -2.10. The van der Waals surface area contributed by atoms with Crippen molar-refractivity contribution in [1.82, 2.24) is 5.32 Å². The first-order valence-corrected chi connectivity index (χ1v) is 9.82. The molecule has 0 aliphatic rings. The summed E-state index contributed by atoms with van der Waals surface area (Å²) in [5, 5.41) is 11.8. The fourth-order valence-corrected chi connectivity index (χ4v) is 2.71. The van der Waals surface area contributed by atoms with Crippen LogP contribution in [0.3, 0.4) is 0 Å². The van der Waals surface area contributed by atoms with Crippen molar-refractivity contribution < 1.29 is 9.90 Å². The molecular weight excluding hydrogens is 286 g/mol. The van der Waals surface area contributed by atoms with Gasteiger partial charge in [0.1, 0.15) is 0 Å². The molecule has 0 amide bonds. The second kappa shape index (κ2) is 17.4. The summed E-state index contributed by atoms with van der Waals surface area (Å²) in [6, 6.07) is 0. The first kappa shape index (κ1) is 22.0. The van der Waals surface area contributed by atoms with Crippen molar-refractivity contribution in [3.8, 4) is 0 Å². The fraction of sp³-hybridized carbons (Fsp3) is 0.850. The van der Waals surface area contributed by atoms with Crippen LogP contribution >= 0.6 is 0 Å². The number of rotatable bonds is 17. The van der Waals surface area contributed by atoms with Gasteiger partial charge in [0.05, 0.1) is 0 Å². The minimum Gasteiger partial charge on any atom is -0.478 e. The summed E-state index contributed by atoms with van der Waals surface area (Å²) in [7, 11) is 0. The first-order valence-electron chi connectivity index (χ1n) is 9.82. The van der Waals surface area contributed by atoms with Crippen LogP contribution in [0.1, 0.15) is 104 Å². The first-order chi connectivity index (χ1) is 11.2. The quantitative estimate of drug-likeness (QED) is 0.253. The molecule has 0 aliphatic carbocycles. The molecule has 0 atom stereocenters. The summed E-state index contributed by atoms with van der Waals surface area (Å²) in [4.78, 5) is 10.6. The zero-order valence-corrected chi connectivity index (χ0v) is 15.5. The minimum atomic E-state index is -0.849. The number of hydrogen-bond donors (Lipinski definition) is 2. The highest BCUT2D eigenvalue weighted by atomic mass is 16.4. The van der Waals surface area contributed by atoms with Gasteiger partial charge in [-0.1, -0.05) is 90.4 Å². The molecule has 0 rings (SSSR count). The highest BCUT2D eigenvalue weighted by Crippen LogP contribution is 2.12. The Morgan fingerprint density at radius 3 is 1.57 bits per heavy atom. The van der Waals surface area contributed by atoms with E-state index < -0.39 is 5.97 Å². The number of carbonyl (C=O) groups is 1. The highest BCUT2D eigenvalue weighted by Gasteiger charge is 1.97. The Labute approximate surface area is 143 Å². The predicted molar refractivity (Wildman–Crippen MR) is 99.7 cm³/mol. The molecule has 0 unspecified atom stereocenters. The predicted octanol–water partition coefficient (Wildman–Crippen LogP) is 6.05. The number of nitrogens with one attached hydrogen (secondary N) is 1. The van der Waals surface area contributed by atoms with Crippen LogP contribution in [-0.2, 0) is 4.79 Å². The topological polar surface area (TPSA) is 49.3 Å². The smallest absolute Gasteiger partial charge is 0.332 e. The van der Waals surface area contributed by atoms with Crippen LogP contribution in [0.15, 0.2) is 11.8 Å². The summed E-state index contributed by atoms with van der Waals surface area (Å²) in [5.41, 5.74) is 0.371. The van der Waals surface area contributed by atoms with Gasteiger partial charge < -0.3 is 10.4 Å². The number of aliphatic carboxylic acids is 1. The lowest BCUT2D eigenvalue weighted by Gasteiger charge is -2.04. The van der Waals surface area contributed by atoms with Gasteiger partial charge in [0.15, 0.2) is 0 Å². The molecule has 0 aliphatic heterocycles. The maximum absolute atomic E-state index is 10.6. The third kappa shape index (κ3) is 17.2. The molecule has 3 nitrogen and oxygen atoms in total. The van der Waals surface area contributed by atoms with E-state index in [4.69, 9.17) is 5.11 Å². The average molecular weight is 326 g/mol. The summed E-state index contributed by atoms with van der Waals surface area (Å²) >= 11 is 0. The van der Waals surface area contributed by atoms with Gasteiger partial charge in [-0.15, -0.1) is 0 Å². The molecule has 0 aromatic rings. The Bertz CT molecular complexity index is 300. The van der Waals surface area contributed by atoms with Crippen molar-refractivity contribution in [1.29, 1.82) is 0 Å². The largest absolute Gasteiger partial charge is 0.478 e. The highest BCUT2D eigenvalue weighted by molar-refractivity contribution is 5.85. The summed E-state index contributed by atoms with van der Waals surface area (Å²) < 4.78 is 0. The van der Waals surface area contributed by atoms with Gasteiger partial charge in [0.2, 0.25) is 0 Å². The molecule has 23 heavy (non-hydrogen) atoms. The number of carboxylic acid groups (broad SMARTS) is 1. The lowest BCUT2D eigenvalue weighted by molar-refractivity contribution is -0.132. The molecular formula is C20H39NO2. The summed E-state index contributed by atoms with van der Waals surface area (Å²) in [6.45, 7) is 4.76. The monoisotopic (exact) mass is 325 g/mol. The van der Waals surface area contributed by atoms with Gasteiger partial charge in [0, 0.05) is 18.3 Å². The lowest BCUT2D eigenvalue weighted by atomic mass is 10.0. The van der Waals surface area contributed by atoms with Gasteiger partial charge in [-0.25, -0.2) is 4.79 Å². The van der Waals surface area contributed by atoms with Gasteiger partial charge in [0.25, 0.3) is 0 Å². The molecule has 136 valence electrons. The molecule has 0 saturated carbocycles. The molecule has 0 aromatic carbocycles. The molecule has 0 bridgehead atoms. The Hall–Kier alpha value is -0.990. The van der Waals surface area contributed by atoms with Crippen LogP contribution in [-0.4, -0.2) is 17.6 Å². The van der Waals surface area contributed by atoms with Crippen LogP contribution in [0, 0.1) is 0 Å². The molecule has 0 fully saturated rings. The minimum absolute atomic E-state index is 0.371. The van der Waals surface area contributed by atoms with E-state index in [0.717, 1.165) is 13.0 Å². The van der Waals surface area contributed by atoms with E-state index >= 15 is 0 Å². The maximum Gasteiger partial charge on any atom is 0.332 e. The van der Waals surface area contributed by atoms with Crippen molar-refractivity contribution in [3.05, 3.63) is 11.8 Å². The van der Waals surface area contributed by atoms with Crippen molar-refractivity contribution in [3.63, 3.8) is 0 Å². The number of hydrogen-bond acceptors (Lipinski definition) is 2. The molecule has 0 saturated heterocycles. The van der Waals surface area contributed by atoms with Crippen LogP contribution in [0.5, 0.6) is 0 Å². The van der Waals surface area contributed by atoms with Gasteiger partial charge >= 0.3 is 5.97 Å². The summed E-state index contributed by atoms with van der Waals surface area (Å²) in [6.07, 6.45) is 20.7. The zero-order chi connectivity index (χ0) is 17.2. The van der Waals surface area contributed by atoms with Crippen LogP contribution in [0.25, 0.3) is 0 Å². The molecule has 2 N–H and O–H groups in total. The van der Waals surface area contributed by atoms with Crippen molar-refractivity contribution >= 4 is 5.97 Å². The van der Waals surface area contributed by atoms with Crippen LogP contribution in [0.4, 0.5) is 0 Å². The summed E-state index contributed by atoms with van der Waals surface area (Å²) in [5.74, 6) is -0.849. The molecule has 0 aromatic heterocycles. The van der Waals surface area contributed by atoms with E-state index in [2.05, 4.69) is 12.2 Å². The van der Waals surface area contributed by atoms with Crippen molar-refractivity contribution in [2.45, 2.75) is 104 Å². The Morgan fingerprint density at radius 1 is 0.783 bits per heavy atom. The van der Waals surface area contributed by atoms with E-state index in [1.165, 1.54) is 83.5 Å².